The van der Waals surface area contributed by atoms with Crippen molar-refractivity contribution in [3.8, 4) is 10.7 Å². The van der Waals surface area contributed by atoms with Crippen LogP contribution in [0.2, 0.25) is 5.02 Å². The number of carbonyl (C=O) groups excluding carboxylic acids is 1. The molecule has 1 aromatic carbocycles. The average molecular weight is 374 g/mol. The van der Waals surface area contributed by atoms with E-state index in [0.29, 0.717) is 31.2 Å². The van der Waals surface area contributed by atoms with Crippen LogP contribution in [0.5, 0.6) is 0 Å². The molecule has 0 aliphatic carbocycles. The van der Waals surface area contributed by atoms with Crippen molar-refractivity contribution in [3.63, 3.8) is 0 Å². The van der Waals surface area contributed by atoms with E-state index in [1.807, 2.05) is 46.7 Å². The van der Waals surface area contributed by atoms with Gasteiger partial charge in [-0.2, -0.15) is 4.98 Å². The second kappa shape index (κ2) is 6.98. The number of amides is 1. The van der Waals surface area contributed by atoms with Gasteiger partial charge in [-0.3, -0.25) is 4.79 Å². The summed E-state index contributed by atoms with van der Waals surface area (Å²) in [6.45, 7) is 1.31. The minimum atomic E-state index is -0.0288. The Morgan fingerprint density at radius 2 is 2.12 bits per heavy atom. The number of carbonyl (C=O) groups is 1. The Kier molecular flexibility index (Phi) is 4.55. The minimum absolute atomic E-state index is 0.0288. The first-order chi connectivity index (χ1) is 12.2. The second-order valence-electron chi connectivity index (χ2n) is 6.05. The van der Waals surface area contributed by atoms with Gasteiger partial charge in [0.15, 0.2) is 0 Å². The van der Waals surface area contributed by atoms with Gasteiger partial charge in [-0.15, -0.1) is 11.3 Å². The molecule has 1 saturated heterocycles. The summed E-state index contributed by atoms with van der Waals surface area (Å²) in [5.41, 5.74) is 1.17. The SMILES string of the molecule is O=C1CC(c2nc(-c3cccs3)no2)CN1CCc1ccc(Cl)cc1. The van der Waals surface area contributed by atoms with E-state index >= 15 is 0 Å². The van der Waals surface area contributed by atoms with E-state index in [1.54, 1.807) is 11.3 Å². The molecular formula is C18H16ClN3O2S. The van der Waals surface area contributed by atoms with Crippen molar-refractivity contribution >= 4 is 28.8 Å². The van der Waals surface area contributed by atoms with Gasteiger partial charge in [-0.1, -0.05) is 35.0 Å². The van der Waals surface area contributed by atoms with Crippen LogP contribution in [0, 0.1) is 0 Å². The highest BCUT2D eigenvalue weighted by Gasteiger charge is 2.34. The lowest BCUT2D eigenvalue weighted by Crippen LogP contribution is -2.27. The molecular weight excluding hydrogens is 358 g/mol. The molecule has 3 aromatic rings. The van der Waals surface area contributed by atoms with Gasteiger partial charge in [0.2, 0.25) is 17.6 Å². The highest BCUT2D eigenvalue weighted by molar-refractivity contribution is 7.13. The van der Waals surface area contributed by atoms with Gasteiger partial charge in [0.25, 0.3) is 0 Å². The number of nitrogens with zero attached hydrogens (tertiary/aromatic N) is 3. The predicted octanol–water partition coefficient (Wildman–Crippen LogP) is 4.01. The number of likely N-dealkylation sites (tertiary alicyclic amines) is 1. The molecule has 5 nitrogen and oxygen atoms in total. The van der Waals surface area contributed by atoms with Crippen molar-refractivity contribution < 1.29 is 9.32 Å². The largest absolute Gasteiger partial charge is 0.342 e. The van der Waals surface area contributed by atoms with Gasteiger partial charge in [0.05, 0.1) is 10.8 Å². The van der Waals surface area contributed by atoms with Crippen LogP contribution >= 0.6 is 22.9 Å². The molecule has 25 heavy (non-hydrogen) atoms. The molecule has 3 heterocycles. The first-order valence-corrected chi connectivity index (χ1v) is 9.34. The number of rotatable bonds is 5. The van der Waals surface area contributed by atoms with Gasteiger partial charge < -0.3 is 9.42 Å². The summed E-state index contributed by atoms with van der Waals surface area (Å²) in [6, 6.07) is 11.6. The first-order valence-electron chi connectivity index (χ1n) is 8.09. The van der Waals surface area contributed by atoms with Crippen LogP contribution in [-0.2, 0) is 11.2 Å². The lowest BCUT2D eigenvalue weighted by Gasteiger charge is -2.15. The maximum Gasteiger partial charge on any atom is 0.232 e. The van der Waals surface area contributed by atoms with Crippen LogP contribution in [-0.4, -0.2) is 34.0 Å². The van der Waals surface area contributed by atoms with E-state index in [4.69, 9.17) is 16.1 Å². The average Bonchev–Trinajstić information content (AvgIpc) is 3.35. The molecule has 1 aliphatic rings. The number of hydrogen-bond donors (Lipinski definition) is 0. The molecule has 4 rings (SSSR count). The van der Waals surface area contributed by atoms with Crippen LogP contribution in [0.4, 0.5) is 0 Å². The summed E-state index contributed by atoms with van der Waals surface area (Å²) >= 11 is 7.47. The molecule has 0 bridgehead atoms. The number of hydrogen-bond acceptors (Lipinski definition) is 5. The van der Waals surface area contributed by atoms with Crippen molar-refractivity contribution in [2.75, 3.05) is 13.1 Å². The van der Waals surface area contributed by atoms with Crippen molar-refractivity contribution in [2.24, 2.45) is 0 Å². The van der Waals surface area contributed by atoms with Crippen molar-refractivity contribution in [1.82, 2.24) is 15.0 Å². The van der Waals surface area contributed by atoms with Crippen LogP contribution < -0.4 is 0 Å². The number of benzene rings is 1. The van der Waals surface area contributed by atoms with E-state index in [1.165, 1.54) is 5.56 Å². The van der Waals surface area contributed by atoms with E-state index in [9.17, 15) is 4.79 Å². The maximum atomic E-state index is 12.3. The Morgan fingerprint density at radius 3 is 2.88 bits per heavy atom. The third-order valence-corrected chi connectivity index (χ3v) is 5.45. The quantitative estimate of drug-likeness (QED) is 0.678. The molecule has 2 aromatic heterocycles. The summed E-state index contributed by atoms with van der Waals surface area (Å²) < 4.78 is 5.40. The van der Waals surface area contributed by atoms with Crippen molar-refractivity contribution in [3.05, 3.63) is 58.3 Å². The molecule has 1 aliphatic heterocycles. The number of halogens is 1. The topological polar surface area (TPSA) is 59.2 Å². The van der Waals surface area contributed by atoms with Crippen LogP contribution in [0.1, 0.15) is 23.8 Å². The fraction of sp³-hybridized carbons (Fsp3) is 0.278. The molecule has 7 heteroatoms. The summed E-state index contributed by atoms with van der Waals surface area (Å²) in [7, 11) is 0. The fourth-order valence-electron chi connectivity index (χ4n) is 2.98. The number of thiophene rings is 1. The highest BCUT2D eigenvalue weighted by Crippen LogP contribution is 2.29. The zero-order chi connectivity index (χ0) is 17.2. The van der Waals surface area contributed by atoms with Gasteiger partial charge in [0, 0.05) is 24.5 Å². The normalized spacial score (nSPS) is 17.4. The molecule has 0 N–H and O–H groups in total. The minimum Gasteiger partial charge on any atom is -0.342 e. The van der Waals surface area contributed by atoms with E-state index in [2.05, 4.69) is 10.1 Å². The van der Waals surface area contributed by atoms with Gasteiger partial charge >= 0.3 is 0 Å². The Balaban J connectivity index is 1.39. The number of aromatic nitrogens is 2. The predicted molar refractivity (Wildman–Crippen MR) is 96.7 cm³/mol. The highest BCUT2D eigenvalue weighted by atomic mass is 35.5. The lowest BCUT2D eigenvalue weighted by atomic mass is 10.1. The standard InChI is InChI=1S/C18H16ClN3O2S/c19-14-5-3-12(4-6-14)7-8-22-11-13(10-16(22)23)18-20-17(21-24-18)15-2-1-9-25-15/h1-6,9,13H,7-8,10-11H2. The summed E-state index contributed by atoms with van der Waals surface area (Å²) in [6.07, 6.45) is 1.23. The third-order valence-electron chi connectivity index (χ3n) is 4.33. The van der Waals surface area contributed by atoms with Gasteiger partial charge in [0.1, 0.15) is 0 Å². The Hall–Kier alpha value is -2.18. The summed E-state index contributed by atoms with van der Waals surface area (Å²) in [5.74, 6) is 1.25. The molecule has 0 radical (unpaired) electrons. The molecule has 128 valence electrons. The van der Waals surface area contributed by atoms with E-state index in [-0.39, 0.29) is 11.8 Å². The van der Waals surface area contributed by atoms with Gasteiger partial charge in [-0.05, 0) is 35.6 Å². The Labute approximate surface area is 154 Å². The van der Waals surface area contributed by atoms with Crippen molar-refractivity contribution in [1.29, 1.82) is 0 Å². The van der Waals surface area contributed by atoms with Crippen molar-refractivity contribution in [2.45, 2.75) is 18.8 Å². The third kappa shape index (κ3) is 3.60. The maximum absolute atomic E-state index is 12.3. The van der Waals surface area contributed by atoms with Crippen LogP contribution in [0.3, 0.4) is 0 Å². The monoisotopic (exact) mass is 373 g/mol. The fourth-order valence-corrected chi connectivity index (χ4v) is 3.75. The smallest absolute Gasteiger partial charge is 0.232 e. The van der Waals surface area contributed by atoms with E-state index < -0.39 is 0 Å². The molecule has 1 unspecified atom stereocenters. The zero-order valence-corrected chi connectivity index (χ0v) is 15.0. The summed E-state index contributed by atoms with van der Waals surface area (Å²) in [4.78, 5) is 19.6. The van der Waals surface area contributed by atoms with Gasteiger partial charge in [-0.25, -0.2) is 0 Å². The van der Waals surface area contributed by atoms with E-state index in [0.717, 1.165) is 16.3 Å². The van der Waals surface area contributed by atoms with Crippen LogP contribution in [0.25, 0.3) is 10.7 Å². The molecule has 0 saturated carbocycles. The Morgan fingerprint density at radius 1 is 1.28 bits per heavy atom. The molecule has 1 fully saturated rings. The zero-order valence-electron chi connectivity index (χ0n) is 13.4. The lowest BCUT2D eigenvalue weighted by molar-refractivity contribution is -0.127. The Bertz CT molecular complexity index is 861. The van der Waals surface area contributed by atoms with Crippen LogP contribution in [0.15, 0.2) is 46.3 Å². The first kappa shape index (κ1) is 16.3. The molecule has 1 amide bonds. The second-order valence-corrected chi connectivity index (χ2v) is 7.43. The summed E-state index contributed by atoms with van der Waals surface area (Å²) in [5, 5.41) is 6.73. The molecule has 1 atom stereocenters. The molecule has 0 spiro atoms.